The summed E-state index contributed by atoms with van der Waals surface area (Å²) in [6, 6.07) is 14.5. The molecule has 1 heterocycles. The second kappa shape index (κ2) is 7.53. The van der Waals surface area contributed by atoms with E-state index in [1.165, 1.54) is 0 Å². The van der Waals surface area contributed by atoms with Crippen LogP contribution in [0.1, 0.15) is 25.5 Å². The number of anilines is 1. The molecule has 0 aliphatic carbocycles. The quantitative estimate of drug-likeness (QED) is 0.828. The van der Waals surface area contributed by atoms with E-state index in [1.807, 2.05) is 30.5 Å². The summed E-state index contributed by atoms with van der Waals surface area (Å²) in [5, 5.41) is 3.58. The minimum absolute atomic E-state index is 0.406. The molecule has 3 nitrogen and oxygen atoms in total. The van der Waals surface area contributed by atoms with Gasteiger partial charge in [-0.2, -0.15) is 0 Å². The molecule has 0 saturated carbocycles. The first-order valence-electron chi connectivity index (χ1n) is 7.12. The second-order valence-electron chi connectivity index (χ2n) is 4.88. The van der Waals surface area contributed by atoms with Crippen molar-refractivity contribution in [3.8, 4) is 5.75 Å². The maximum Gasteiger partial charge on any atom is 0.119 e. The van der Waals surface area contributed by atoms with Crippen molar-refractivity contribution < 1.29 is 4.74 Å². The first kappa shape index (κ1) is 14.4. The second-order valence-corrected chi connectivity index (χ2v) is 4.88. The van der Waals surface area contributed by atoms with Crippen LogP contribution in [-0.2, 0) is 6.42 Å². The van der Waals surface area contributed by atoms with E-state index < -0.39 is 0 Å². The van der Waals surface area contributed by atoms with E-state index in [0.29, 0.717) is 6.04 Å². The van der Waals surface area contributed by atoms with Crippen LogP contribution in [0.3, 0.4) is 0 Å². The van der Waals surface area contributed by atoms with Crippen molar-refractivity contribution in [2.75, 3.05) is 12.4 Å². The molecule has 1 aromatic carbocycles. The van der Waals surface area contributed by atoms with Gasteiger partial charge in [0.05, 0.1) is 7.11 Å². The summed E-state index contributed by atoms with van der Waals surface area (Å²) in [6.45, 7) is 2.21. The molecular weight excluding hydrogens is 248 g/mol. The van der Waals surface area contributed by atoms with E-state index >= 15 is 0 Å². The maximum absolute atomic E-state index is 5.18. The summed E-state index contributed by atoms with van der Waals surface area (Å²) in [6.07, 6.45) is 5.08. The van der Waals surface area contributed by atoms with Crippen LogP contribution in [0.2, 0.25) is 0 Å². The summed E-state index contributed by atoms with van der Waals surface area (Å²) < 4.78 is 5.18. The third-order valence-electron chi connectivity index (χ3n) is 3.28. The van der Waals surface area contributed by atoms with Gasteiger partial charge >= 0.3 is 0 Å². The fourth-order valence-corrected chi connectivity index (χ4v) is 2.27. The van der Waals surface area contributed by atoms with E-state index in [9.17, 15) is 0 Å². The van der Waals surface area contributed by atoms with Gasteiger partial charge in [-0.3, -0.25) is 4.98 Å². The number of nitrogens with zero attached hydrogens (tertiary/aromatic N) is 1. The highest BCUT2D eigenvalue weighted by Gasteiger charge is 2.09. The fourth-order valence-electron chi connectivity index (χ4n) is 2.27. The van der Waals surface area contributed by atoms with Crippen LogP contribution >= 0.6 is 0 Å². The van der Waals surface area contributed by atoms with Crippen molar-refractivity contribution in [2.45, 2.75) is 32.2 Å². The molecule has 0 aliphatic rings. The van der Waals surface area contributed by atoms with Crippen molar-refractivity contribution in [3.63, 3.8) is 0 Å². The summed E-state index contributed by atoms with van der Waals surface area (Å²) in [4.78, 5) is 4.41. The Hall–Kier alpha value is -2.03. The van der Waals surface area contributed by atoms with Gasteiger partial charge in [-0.05, 0) is 42.8 Å². The van der Waals surface area contributed by atoms with Crippen LogP contribution in [0.5, 0.6) is 5.75 Å². The minimum atomic E-state index is 0.406. The highest BCUT2D eigenvalue weighted by molar-refractivity contribution is 5.47. The molecule has 1 unspecified atom stereocenters. The number of nitrogens with one attached hydrogen (secondary N) is 1. The number of rotatable bonds is 7. The van der Waals surface area contributed by atoms with Crippen LogP contribution in [0.15, 0.2) is 48.7 Å². The lowest BCUT2D eigenvalue weighted by Gasteiger charge is -2.19. The summed E-state index contributed by atoms with van der Waals surface area (Å²) in [5.41, 5.74) is 2.26. The average Bonchev–Trinajstić information content (AvgIpc) is 2.49. The lowest BCUT2D eigenvalue weighted by atomic mass is 10.1. The molecule has 1 aromatic heterocycles. The number of pyridine rings is 1. The zero-order valence-electron chi connectivity index (χ0n) is 12.2. The largest absolute Gasteiger partial charge is 0.497 e. The Labute approximate surface area is 121 Å². The molecule has 1 N–H and O–H groups in total. The van der Waals surface area contributed by atoms with Crippen LogP contribution in [0, 0.1) is 0 Å². The predicted molar refractivity (Wildman–Crippen MR) is 83.3 cm³/mol. The molecule has 0 spiro atoms. The van der Waals surface area contributed by atoms with Crippen LogP contribution in [0.4, 0.5) is 5.69 Å². The average molecular weight is 270 g/mol. The monoisotopic (exact) mass is 270 g/mol. The number of benzene rings is 1. The first-order valence-corrected chi connectivity index (χ1v) is 7.12. The summed E-state index contributed by atoms with van der Waals surface area (Å²) in [7, 11) is 1.68. The third-order valence-corrected chi connectivity index (χ3v) is 3.28. The molecule has 0 radical (unpaired) electrons. The summed E-state index contributed by atoms with van der Waals surface area (Å²) in [5.74, 6) is 0.882. The van der Waals surface area contributed by atoms with Crippen molar-refractivity contribution >= 4 is 5.69 Å². The molecule has 2 rings (SSSR count). The van der Waals surface area contributed by atoms with Crippen molar-refractivity contribution in [2.24, 2.45) is 0 Å². The minimum Gasteiger partial charge on any atom is -0.497 e. The van der Waals surface area contributed by atoms with Crippen molar-refractivity contribution in [1.82, 2.24) is 4.98 Å². The van der Waals surface area contributed by atoms with Gasteiger partial charge < -0.3 is 10.1 Å². The van der Waals surface area contributed by atoms with Crippen molar-refractivity contribution in [1.29, 1.82) is 0 Å². The molecule has 0 aliphatic heterocycles. The third kappa shape index (κ3) is 4.26. The standard InChI is InChI=1S/C17H22N2O/c1-3-6-16(13-15-7-4-5-12-18-15)19-14-8-10-17(20-2)11-9-14/h4-5,7-12,16,19H,3,6,13H2,1-2H3. The lowest BCUT2D eigenvalue weighted by molar-refractivity contribution is 0.415. The molecule has 1 atom stereocenters. The van der Waals surface area contributed by atoms with E-state index in [0.717, 1.165) is 36.4 Å². The van der Waals surface area contributed by atoms with Crippen LogP contribution in [0.25, 0.3) is 0 Å². The zero-order chi connectivity index (χ0) is 14.2. The number of ether oxygens (including phenoxy) is 1. The Kier molecular flexibility index (Phi) is 5.42. The van der Waals surface area contributed by atoms with E-state index in [-0.39, 0.29) is 0 Å². The fraction of sp³-hybridized carbons (Fsp3) is 0.353. The van der Waals surface area contributed by atoms with Crippen LogP contribution in [-0.4, -0.2) is 18.1 Å². The van der Waals surface area contributed by atoms with Gasteiger partial charge in [-0.1, -0.05) is 19.4 Å². The molecule has 20 heavy (non-hydrogen) atoms. The zero-order valence-corrected chi connectivity index (χ0v) is 12.2. The Bertz CT molecular complexity index is 496. The molecule has 0 amide bonds. The smallest absolute Gasteiger partial charge is 0.119 e. The predicted octanol–water partition coefficient (Wildman–Crippen LogP) is 3.91. The Morgan fingerprint density at radius 1 is 1.15 bits per heavy atom. The highest BCUT2D eigenvalue weighted by Crippen LogP contribution is 2.18. The molecule has 2 aromatic rings. The molecule has 0 saturated heterocycles. The van der Waals surface area contributed by atoms with Gasteiger partial charge in [0.2, 0.25) is 0 Å². The highest BCUT2D eigenvalue weighted by atomic mass is 16.5. The normalized spacial score (nSPS) is 11.9. The van der Waals surface area contributed by atoms with Crippen LogP contribution < -0.4 is 10.1 Å². The van der Waals surface area contributed by atoms with Gasteiger partial charge in [-0.25, -0.2) is 0 Å². The van der Waals surface area contributed by atoms with Gasteiger partial charge in [-0.15, -0.1) is 0 Å². The number of hydrogen-bond donors (Lipinski definition) is 1. The van der Waals surface area contributed by atoms with Crippen molar-refractivity contribution in [3.05, 3.63) is 54.4 Å². The Morgan fingerprint density at radius 3 is 2.55 bits per heavy atom. The number of methoxy groups -OCH3 is 1. The summed E-state index contributed by atoms with van der Waals surface area (Å²) >= 11 is 0. The molecule has 0 bridgehead atoms. The van der Waals surface area contributed by atoms with E-state index in [2.05, 4.69) is 35.4 Å². The molecular formula is C17H22N2O. The molecule has 0 fully saturated rings. The Balaban J connectivity index is 2.00. The topological polar surface area (TPSA) is 34.2 Å². The number of aromatic nitrogens is 1. The van der Waals surface area contributed by atoms with Gasteiger partial charge in [0.1, 0.15) is 5.75 Å². The van der Waals surface area contributed by atoms with Gasteiger partial charge in [0.25, 0.3) is 0 Å². The maximum atomic E-state index is 5.18. The number of hydrogen-bond acceptors (Lipinski definition) is 3. The van der Waals surface area contributed by atoms with E-state index in [4.69, 9.17) is 4.74 Å². The lowest BCUT2D eigenvalue weighted by Crippen LogP contribution is -2.22. The first-order chi connectivity index (χ1) is 9.81. The van der Waals surface area contributed by atoms with Gasteiger partial charge in [0, 0.05) is 30.0 Å². The molecule has 106 valence electrons. The SMILES string of the molecule is CCCC(Cc1ccccn1)Nc1ccc(OC)cc1. The molecule has 3 heteroatoms. The van der Waals surface area contributed by atoms with E-state index in [1.54, 1.807) is 7.11 Å². The Morgan fingerprint density at radius 2 is 1.95 bits per heavy atom. The van der Waals surface area contributed by atoms with Gasteiger partial charge in [0.15, 0.2) is 0 Å².